The highest BCUT2D eigenvalue weighted by atomic mass is 35.5. The van der Waals surface area contributed by atoms with E-state index in [0.717, 1.165) is 35.5 Å². The van der Waals surface area contributed by atoms with Crippen LogP contribution in [0.5, 0.6) is 0 Å². The predicted octanol–water partition coefficient (Wildman–Crippen LogP) is 5.53. The van der Waals surface area contributed by atoms with Gasteiger partial charge in [-0.2, -0.15) is 4.98 Å². The van der Waals surface area contributed by atoms with Crippen LogP contribution in [-0.2, 0) is 0 Å². The predicted molar refractivity (Wildman–Crippen MR) is 103 cm³/mol. The average Bonchev–Trinajstić information content (AvgIpc) is 2.59. The summed E-state index contributed by atoms with van der Waals surface area (Å²) in [7, 11) is 0. The van der Waals surface area contributed by atoms with Gasteiger partial charge in [0.05, 0.1) is 15.6 Å². The lowest BCUT2D eigenvalue weighted by atomic mass is 10.2. The highest BCUT2D eigenvalue weighted by molar-refractivity contribution is 6.42. The summed E-state index contributed by atoms with van der Waals surface area (Å²) in [5.74, 6) is 1.46. The lowest BCUT2D eigenvalue weighted by Crippen LogP contribution is -2.23. The fourth-order valence-corrected chi connectivity index (χ4v) is 2.88. The molecule has 0 amide bonds. The minimum absolute atomic E-state index is 0.492. The normalized spacial score (nSPS) is 10.8. The molecule has 0 saturated heterocycles. The molecule has 0 bridgehead atoms. The van der Waals surface area contributed by atoms with Crippen molar-refractivity contribution in [1.29, 1.82) is 0 Å². The Bertz CT molecular complexity index is 863. The molecular weight excluding hydrogens is 343 g/mol. The molecule has 0 aliphatic heterocycles. The number of halogens is 2. The number of rotatable bonds is 5. The molecule has 0 atom stereocenters. The van der Waals surface area contributed by atoms with Gasteiger partial charge in [-0.05, 0) is 44.2 Å². The highest BCUT2D eigenvalue weighted by Gasteiger charge is 2.12. The lowest BCUT2D eigenvalue weighted by Gasteiger charge is -2.22. The molecule has 2 aromatic carbocycles. The van der Waals surface area contributed by atoms with Crippen molar-refractivity contribution >= 4 is 51.6 Å². The molecule has 0 aliphatic carbocycles. The number of aromatic nitrogens is 2. The van der Waals surface area contributed by atoms with Crippen LogP contribution in [0.2, 0.25) is 10.0 Å². The van der Waals surface area contributed by atoms with Crippen LogP contribution in [0.3, 0.4) is 0 Å². The van der Waals surface area contributed by atoms with E-state index in [0.29, 0.717) is 16.0 Å². The van der Waals surface area contributed by atoms with E-state index in [1.807, 2.05) is 30.3 Å². The second kappa shape index (κ2) is 7.24. The number of hydrogen-bond donors (Lipinski definition) is 1. The van der Waals surface area contributed by atoms with E-state index in [9.17, 15) is 0 Å². The Kier molecular flexibility index (Phi) is 5.07. The number of fused-ring (bicyclic) bond motifs is 1. The van der Waals surface area contributed by atoms with Gasteiger partial charge in [0.1, 0.15) is 5.82 Å². The van der Waals surface area contributed by atoms with Crippen molar-refractivity contribution < 1.29 is 0 Å². The summed E-state index contributed by atoms with van der Waals surface area (Å²) in [4.78, 5) is 11.5. The summed E-state index contributed by atoms with van der Waals surface area (Å²) in [5.41, 5.74) is 1.70. The van der Waals surface area contributed by atoms with Crippen LogP contribution in [0.25, 0.3) is 10.9 Å². The molecule has 0 saturated carbocycles. The molecule has 0 unspecified atom stereocenters. The molecule has 124 valence electrons. The molecule has 1 N–H and O–H groups in total. The number of para-hydroxylation sites is 1. The summed E-state index contributed by atoms with van der Waals surface area (Å²) in [6.07, 6.45) is 0. The van der Waals surface area contributed by atoms with Crippen molar-refractivity contribution in [3.8, 4) is 0 Å². The van der Waals surface area contributed by atoms with Crippen LogP contribution in [0.4, 0.5) is 17.5 Å². The van der Waals surface area contributed by atoms with Crippen LogP contribution < -0.4 is 10.2 Å². The first-order valence-electron chi connectivity index (χ1n) is 7.86. The van der Waals surface area contributed by atoms with E-state index in [1.165, 1.54) is 0 Å². The van der Waals surface area contributed by atoms with Gasteiger partial charge in [-0.3, -0.25) is 0 Å². The Balaban J connectivity index is 2.06. The van der Waals surface area contributed by atoms with Gasteiger partial charge in [0.25, 0.3) is 0 Å². The van der Waals surface area contributed by atoms with E-state index in [4.69, 9.17) is 28.2 Å². The maximum atomic E-state index is 6.08. The Labute approximate surface area is 151 Å². The third kappa shape index (κ3) is 3.40. The zero-order valence-corrected chi connectivity index (χ0v) is 15.1. The van der Waals surface area contributed by atoms with Gasteiger partial charge < -0.3 is 10.2 Å². The first-order chi connectivity index (χ1) is 11.6. The van der Waals surface area contributed by atoms with Gasteiger partial charge in [0, 0.05) is 24.2 Å². The lowest BCUT2D eigenvalue weighted by molar-refractivity contribution is 0.850. The molecule has 1 heterocycles. The zero-order valence-electron chi connectivity index (χ0n) is 13.6. The third-order valence-electron chi connectivity index (χ3n) is 3.82. The Morgan fingerprint density at radius 2 is 1.71 bits per heavy atom. The standard InChI is InChI=1S/C18H18Cl2N4/c1-3-24(4-2)17-13-7-5-6-8-16(13)22-18(23-17)21-12-9-10-14(19)15(20)11-12/h5-11H,3-4H2,1-2H3,(H,21,22,23). The van der Waals surface area contributed by atoms with E-state index in [2.05, 4.69) is 29.0 Å². The molecular formula is C18H18Cl2N4. The molecule has 0 fully saturated rings. The largest absolute Gasteiger partial charge is 0.356 e. The topological polar surface area (TPSA) is 41.1 Å². The summed E-state index contributed by atoms with van der Waals surface area (Å²) < 4.78 is 0. The van der Waals surface area contributed by atoms with Gasteiger partial charge in [0.15, 0.2) is 0 Å². The second-order valence-corrected chi connectivity index (χ2v) is 6.13. The molecule has 0 radical (unpaired) electrons. The molecule has 3 rings (SSSR count). The summed E-state index contributed by atoms with van der Waals surface area (Å²) >= 11 is 12.0. The van der Waals surface area contributed by atoms with Crippen LogP contribution >= 0.6 is 23.2 Å². The van der Waals surface area contributed by atoms with E-state index in [1.54, 1.807) is 12.1 Å². The van der Waals surface area contributed by atoms with E-state index in [-0.39, 0.29) is 0 Å². The smallest absolute Gasteiger partial charge is 0.229 e. The van der Waals surface area contributed by atoms with Crippen molar-refractivity contribution in [2.45, 2.75) is 13.8 Å². The average molecular weight is 361 g/mol. The van der Waals surface area contributed by atoms with Crippen molar-refractivity contribution in [2.24, 2.45) is 0 Å². The minimum atomic E-state index is 0.492. The monoisotopic (exact) mass is 360 g/mol. The van der Waals surface area contributed by atoms with Crippen LogP contribution in [0, 0.1) is 0 Å². The number of nitrogens with zero attached hydrogens (tertiary/aromatic N) is 3. The molecule has 0 spiro atoms. The van der Waals surface area contributed by atoms with Gasteiger partial charge in [-0.25, -0.2) is 4.98 Å². The van der Waals surface area contributed by atoms with Gasteiger partial charge in [0.2, 0.25) is 5.95 Å². The molecule has 24 heavy (non-hydrogen) atoms. The molecule has 3 aromatic rings. The molecule has 4 nitrogen and oxygen atoms in total. The Hall–Kier alpha value is -2.04. The summed E-state index contributed by atoms with van der Waals surface area (Å²) in [6, 6.07) is 13.4. The first kappa shape index (κ1) is 16.8. The Morgan fingerprint density at radius 3 is 2.42 bits per heavy atom. The summed E-state index contributed by atoms with van der Waals surface area (Å²) in [6.45, 7) is 5.99. The van der Waals surface area contributed by atoms with Gasteiger partial charge in [-0.15, -0.1) is 0 Å². The molecule has 0 aliphatic rings. The van der Waals surface area contributed by atoms with E-state index < -0.39 is 0 Å². The number of benzene rings is 2. The maximum absolute atomic E-state index is 6.08. The second-order valence-electron chi connectivity index (χ2n) is 5.31. The third-order valence-corrected chi connectivity index (χ3v) is 4.56. The molecule has 6 heteroatoms. The van der Waals surface area contributed by atoms with Crippen molar-refractivity contribution in [3.63, 3.8) is 0 Å². The minimum Gasteiger partial charge on any atom is -0.356 e. The van der Waals surface area contributed by atoms with Crippen molar-refractivity contribution in [1.82, 2.24) is 9.97 Å². The maximum Gasteiger partial charge on any atom is 0.229 e. The fourth-order valence-electron chi connectivity index (χ4n) is 2.58. The zero-order chi connectivity index (χ0) is 17.1. The van der Waals surface area contributed by atoms with Gasteiger partial charge >= 0.3 is 0 Å². The van der Waals surface area contributed by atoms with Crippen LogP contribution in [0.15, 0.2) is 42.5 Å². The van der Waals surface area contributed by atoms with Crippen LogP contribution in [0.1, 0.15) is 13.8 Å². The van der Waals surface area contributed by atoms with E-state index >= 15 is 0 Å². The summed E-state index contributed by atoms with van der Waals surface area (Å²) in [5, 5.41) is 5.27. The number of anilines is 3. The Morgan fingerprint density at radius 1 is 0.958 bits per heavy atom. The molecule has 1 aromatic heterocycles. The highest BCUT2D eigenvalue weighted by Crippen LogP contribution is 2.29. The quantitative estimate of drug-likeness (QED) is 0.649. The van der Waals surface area contributed by atoms with Crippen molar-refractivity contribution in [2.75, 3.05) is 23.3 Å². The van der Waals surface area contributed by atoms with Crippen LogP contribution in [-0.4, -0.2) is 23.1 Å². The van der Waals surface area contributed by atoms with Gasteiger partial charge in [-0.1, -0.05) is 35.3 Å². The number of nitrogens with one attached hydrogen (secondary N) is 1. The first-order valence-corrected chi connectivity index (χ1v) is 8.61. The van der Waals surface area contributed by atoms with Crippen molar-refractivity contribution in [3.05, 3.63) is 52.5 Å². The SMILES string of the molecule is CCN(CC)c1nc(Nc2ccc(Cl)c(Cl)c2)nc2ccccc12. The number of hydrogen-bond acceptors (Lipinski definition) is 4. The fraction of sp³-hybridized carbons (Fsp3) is 0.222.